The first kappa shape index (κ1) is 16.2. The van der Waals surface area contributed by atoms with E-state index >= 15 is 0 Å². The molecule has 0 radical (unpaired) electrons. The lowest BCUT2D eigenvalue weighted by atomic mass is 10.2. The van der Waals surface area contributed by atoms with Crippen LogP contribution in [-0.2, 0) is 14.6 Å². The standard InChI is InChI=1S/C14H20N2O3S2/c1-10-12(15)4-3-5-13(10)20-8-14(17)16(2)11-6-7-21(18,19)9-11/h3-5,11H,6-9,15H2,1-2H3. The lowest BCUT2D eigenvalue weighted by molar-refractivity contribution is -0.128. The third-order valence-corrected chi connectivity index (χ3v) is 6.72. The Morgan fingerprint density at radius 1 is 1.48 bits per heavy atom. The maximum absolute atomic E-state index is 12.2. The molecule has 7 heteroatoms. The molecule has 1 saturated heterocycles. The van der Waals surface area contributed by atoms with Crippen molar-refractivity contribution in [3.63, 3.8) is 0 Å². The Morgan fingerprint density at radius 3 is 2.81 bits per heavy atom. The van der Waals surface area contributed by atoms with Crippen LogP contribution >= 0.6 is 11.8 Å². The Balaban J connectivity index is 1.94. The Bertz CT molecular complexity index is 644. The fourth-order valence-electron chi connectivity index (χ4n) is 2.31. The van der Waals surface area contributed by atoms with Crippen LogP contribution in [0.3, 0.4) is 0 Å². The van der Waals surface area contributed by atoms with Crippen molar-refractivity contribution >= 4 is 33.2 Å². The van der Waals surface area contributed by atoms with Gasteiger partial charge in [-0.1, -0.05) is 6.07 Å². The number of sulfone groups is 1. The van der Waals surface area contributed by atoms with Gasteiger partial charge in [0.15, 0.2) is 9.84 Å². The number of amides is 1. The van der Waals surface area contributed by atoms with Crippen molar-refractivity contribution in [1.82, 2.24) is 4.90 Å². The quantitative estimate of drug-likeness (QED) is 0.666. The van der Waals surface area contributed by atoms with E-state index in [2.05, 4.69) is 0 Å². The normalized spacial score (nSPS) is 20.4. The van der Waals surface area contributed by atoms with E-state index in [0.717, 1.165) is 10.5 Å². The summed E-state index contributed by atoms with van der Waals surface area (Å²) in [7, 11) is -1.29. The van der Waals surface area contributed by atoms with Crippen LogP contribution in [-0.4, -0.2) is 49.6 Å². The molecular formula is C14H20N2O3S2. The zero-order valence-corrected chi connectivity index (χ0v) is 13.8. The molecule has 1 fully saturated rings. The van der Waals surface area contributed by atoms with Crippen LogP contribution in [0.5, 0.6) is 0 Å². The Labute approximate surface area is 129 Å². The third kappa shape index (κ3) is 3.91. The van der Waals surface area contributed by atoms with Crippen molar-refractivity contribution in [3.8, 4) is 0 Å². The van der Waals surface area contributed by atoms with Gasteiger partial charge in [0.05, 0.1) is 17.3 Å². The number of nitrogen functional groups attached to an aromatic ring is 1. The molecule has 0 saturated carbocycles. The molecule has 2 N–H and O–H groups in total. The van der Waals surface area contributed by atoms with Gasteiger partial charge < -0.3 is 10.6 Å². The molecular weight excluding hydrogens is 308 g/mol. The highest BCUT2D eigenvalue weighted by Gasteiger charge is 2.32. The lowest BCUT2D eigenvalue weighted by Gasteiger charge is -2.23. The van der Waals surface area contributed by atoms with E-state index in [4.69, 9.17) is 5.73 Å². The summed E-state index contributed by atoms with van der Waals surface area (Å²) in [5, 5.41) is 0. The van der Waals surface area contributed by atoms with Crippen LogP contribution in [0, 0.1) is 6.92 Å². The molecule has 1 aromatic rings. The molecule has 0 spiro atoms. The van der Waals surface area contributed by atoms with E-state index in [0.29, 0.717) is 12.1 Å². The number of anilines is 1. The number of hydrogen-bond donors (Lipinski definition) is 1. The summed E-state index contributed by atoms with van der Waals surface area (Å²) >= 11 is 1.44. The van der Waals surface area contributed by atoms with Gasteiger partial charge in [0.25, 0.3) is 0 Å². The van der Waals surface area contributed by atoms with Gasteiger partial charge in [-0.05, 0) is 31.0 Å². The van der Waals surface area contributed by atoms with Crippen LogP contribution in [0.4, 0.5) is 5.69 Å². The molecule has 21 heavy (non-hydrogen) atoms. The number of benzene rings is 1. The van der Waals surface area contributed by atoms with Gasteiger partial charge in [0.2, 0.25) is 5.91 Å². The first-order valence-corrected chi connectivity index (χ1v) is 9.55. The van der Waals surface area contributed by atoms with Crippen LogP contribution in [0.15, 0.2) is 23.1 Å². The summed E-state index contributed by atoms with van der Waals surface area (Å²) in [6.45, 7) is 1.93. The number of thioether (sulfide) groups is 1. The van der Waals surface area contributed by atoms with Gasteiger partial charge in [-0.2, -0.15) is 0 Å². The second-order valence-corrected chi connectivity index (χ2v) is 8.57. The van der Waals surface area contributed by atoms with E-state index in [1.165, 1.54) is 11.8 Å². The Morgan fingerprint density at radius 2 is 2.19 bits per heavy atom. The van der Waals surface area contributed by atoms with Crippen LogP contribution < -0.4 is 5.73 Å². The molecule has 0 aromatic heterocycles. The molecule has 1 aliphatic rings. The van der Waals surface area contributed by atoms with Gasteiger partial charge >= 0.3 is 0 Å². The minimum atomic E-state index is -2.97. The van der Waals surface area contributed by atoms with Crippen molar-refractivity contribution in [2.24, 2.45) is 0 Å². The molecule has 0 bridgehead atoms. The monoisotopic (exact) mass is 328 g/mol. The molecule has 1 heterocycles. The molecule has 1 aliphatic heterocycles. The number of nitrogens with zero attached hydrogens (tertiary/aromatic N) is 1. The minimum Gasteiger partial charge on any atom is -0.398 e. The molecule has 0 aliphatic carbocycles. The second-order valence-electron chi connectivity index (χ2n) is 5.32. The summed E-state index contributed by atoms with van der Waals surface area (Å²) in [5.74, 6) is 0.495. The summed E-state index contributed by atoms with van der Waals surface area (Å²) in [6, 6.07) is 5.44. The molecule has 2 rings (SSSR count). The fraction of sp³-hybridized carbons (Fsp3) is 0.500. The van der Waals surface area contributed by atoms with Crippen molar-refractivity contribution in [1.29, 1.82) is 0 Å². The molecule has 1 aromatic carbocycles. The van der Waals surface area contributed by atoms with Crippen LogP contribution in [0.25, 0.3) is 0 Å². The predicted octanol–water partition coefficient (Wildman–Crippen LogP) is 1.31. The first-order chi connectivity index (χ1) is 9.80. The topological polar surface area (TPSA) is 80.5 Å². The summed E-state index contributed by atoms with van der Waals surface area (Å²) < 4.78 is 22.9. The zero-order valence-electron chi connectivity index (χ0n) is 12.2. The average molecular weight is 328 g/mol. The second kappa shape index (κ2) is 6.27. The fourth-order valence-corrected chi connectivity index (χ4v) is 5.08. The summed E-state index contributed by atoms with van der Waals surface area (Å²) in [4.78, 5) is 14.7. The van der Waals surface area contributed by atoms with Gasteiger partial charge in [-0.3, -0.25) is 4.79 Å². The van der Waals surface area contributed by atoms with Crippen molar-refractivity contribution in [2.75, 3.05) is 30.0 Å². The zero-order chi connectivity index (χ0) is 15.6. The average Bonchev–Trinajstić information content (AvgIpc) is 2.79. The van der Waals surface area contributed by atoms with Gasteiger partial charge in [-0.25, -0.2) is 8.42 Å². The molecule has 1 atom stereocenters. The number of nitrogens with two attached hydrogens (primary N) is 1. The maximum Gasteiger partial charge on any atom is 0.232 e. The van der Waals surface area contributed by atoms with Gasteiger partial charge in [-0.15, -0.1) is 11.8 Å². The van der Waals surface area contributed by atoms with Crippen LogP contribution in [0.1, 0.15) is 12.0 Å². The number of carbonyl (C=O) groups is 1. The minimum absolute atomic E-state index is 0.0519. The first-order valence-electron chi connectivity index (χ1n) is 6.74. The highest BCUT2D eigenvalue weighted by molar-refractivity contribution is 8.00. The molecule has 1 amide bonds. The highest BCUT2D eigenvalue weighted by atomic mass is 32.2. The number of hydrogen-bond acceptors (Lipinski definition) is 5. The largest absolute Gasteiger partial charge is 0.398 e. The molecule has 1 unspecified atom stereocenters. The summed E-state index contributed by atoms with van der Waals surface area (Å²) in [5.41, 5.74) is 7.53. The van der Waals surface area contributed by atoms with Gasteiger partial charge in [0.1, 0.15) is 0 Å². The molecule has 116 valence electrons. The smallest absolute Gasteiger partial charge is 0.232 e. The third-order valence-electron chi connectivity index (χ3n) is 3.83. The van der Waals surface area contributed by atoms with E-state index in [9.17, 15) is 13.2 Å². The maximum atomic E-state index is 12.2. The van der Waals surface area contributed by atoms with Crippen molar-refractivity contribution in [2.45, 2.75) is 24.3 Å². The van der Waals surface area contributed by atoms with E-state index in [1.54, 1.807) is 11.9 Å². The van der Waals surface area contributed by atoms with Gasteiger partial charge in [0, 0.05) is 23.7 Å². The Hall–Kier alpha value is -1.21. The van der Waals surface area contributed by atoms with E-state index in [1.807, 2.05) is 25.1 Å². The summed E-state index contributed by atoms with van der Waals surface area (Å²) in [6.07, 6.45) is 0.534. The number of carbonyl (C=O) groups excluding carboxylic acids is 1. The van der Waals surface area contributed by atoms with Crippen molar-refractivity contribution < 1.29 is 13.2 Å². The Kier molecular flexibility index (Phi) is 4.83. The van der Waals surface area contributed by atoms with E-state index < -0.39 is 9.84 Å². The van der Waals surface area contributed by atoms with Crippen molar-refractivity contribution in [3.05, 3.63) is 23.8 Å². The number of rotatable bonds is 4. The lowest BCUT2D eigenvalue weighted by Crippen LogP contribution is -2.38. The molecule has 5 nitrogen and oxygen atoms in total. The predicted molar refractivity (Wildman–Crippen MR) is 86.1 cm³/mol. The SMILES string of the molecule is Cc1c(N)cccc1SCC(=O)N(C)C1CCS(=O)(=O)C1. The van der Waals surface area contributed by atoms with E-state index in [-0.39, 0.29) is 29.2 Å². The van der Waals surface area contributed by atoms with Crippen LogP contribution in [0.2, 0.25) is 0 Å². The highest BCUT2D eigenvalue weighted by Crippen LogP contribution is 2.26.